The van der Waals surface area contributed by atoms with Gasteiger partial charge in [-0.2, -0.15) is 4.98 Å². The fourth-order valence-electron chi connectivity index (χ4n) is 3.18. The number of aromatic nitrogens is 3. The van der Waals surface area contributed by atoms with E-state index in [2.05, 4.69) is 31.1 Å². The molecular formula is C18H15BrClN5O2. The van der Waals surface area contributed by atoms with Crippen molar-refractivity contribution in [3.8, 4) is 11.4 Å². The lowest BCUT2D eigenvalue weighted by atomic mass is 10.2. The lowest BCUT2D eigenvalue weighted by Crippen LogP contribution is -2.24. The summed E-state index contributed by atoms with van der Waals surface area (Å²) in [5.41, 5.74) is 6.42. The van der Waals surface area contributed by atoms with Crippen LogP contribution in [0.5, 0.6) is 0 Å². The molecule has 1 atom stereocenters. The maximum atomic E-state index is 11.3. The number of carbonyl (C=O) groups is 1. The van der Waals surface area contributed by atoms with Crippen LogP contribution < -0.4 is 10.6 Å². The van der Waals surface area contributed by atoms with Crippen LogP contribution >= 0.6 is 27.5 Å². The van der Waals surface area contributed by atoms with Crippen LogP contribution in [0.25, 0.3) is 11.4 Å². The van der Waals surface area contributed by atoms with Crippen LogP contribution in [0.3, 0.4) is 0 Å². The van der Waals surface area contributed by atoms with Crippen molar-refractivity contribution in [3.05, 3.63) is 57.5 Å². The number of halogens is 2. The van der Waals surface area contributed by atoms with Crippen LogP contribution in [0, 0.1) is 0 Å². The maximum absolute atomic E-state index is 11.3. The zero-order chi connectivity index (χ0) is 19.0. The Labute approximate surface area is 168 Å². The Morgan fingerprint density at radius 3 is 2.93 bits per heavy atom. The van der Waals surface area contributed by atoms with Crippen molar-refractivity contribution in [2.24, 2.45) is 5.73 Å². The number of nitrogens with zero attached hydrogens (tertiary/aromatic N) is 4. The molecule has 1 unspecified atom stereocenters. The molecule has 27 heavy (non-hydrogen) atoms. The Morgan fingerprint density at radius 2 is 2.19 bits per heavy atom. The number of benzene rings is 1. The molecule has 0 radical (unpaired) electrons. The van der Waals surface area contributed by atoms with Crippen molar-refractivity contribution in [2.75, 3.05) is 11.4 Å². The van der Waals surface area contributed by atoms with Crippen LogP contribution in [0.1, 0.15) is 35.1 Å². The highest BCUT2D eigenvalue weighted by molar-refractivity contribution is 9.10. The molecule has 1 aromatic carbocycles. The van der Waals surface area contributed by atoms with E-state index < -0.39 is 5.91 Å². The van der Waals surface area contributed by atoms with Gasteiger partial charge in [-0.25, -0.2) is 4.98 Å². The lowest BCUT2D eigenvalue weighted by Gasteiger charge is -2.23. The van der Waals surface area contributed by atoms with Crippen molar-refractivity contribution >= 4 is 39.3 Å². The molecule has 1 amide bonds. The molecule has 7 nitrogen and oxygen atoms in total. The van der Waals surface area contributed by atoms with Gasteiger partial charge in [0.15, 0.2) is 0 Å². The monoisotopic (exact) mass is 447 g/mol. The Balaban J connectivity index is 1.65. The molecule has 2 N–H and O–H groups in total. The minimum atomic E-state index is -0.566. The molecule has 138 valence electrons. The molecule has 0 spiro atoms. The second kappa shape index (κ2) is 7.28. The average molecular weight is 449 g/mol. The van der Waals surface area contributed by atoms with E-state index in [1.54, 1.807) is 0 Å². The molecule has 0 bridgehead atoms. The maximum Gasteiger partial charge on any atom is 0.250 e. The number of nitrogens with two attached hydrogens (primary N) is 1. The third kappa shape index (κ3) is 3.42. The van der Waals surface area contributed by atoms with Gasteiger partial charge in [-0.15, -0.1) is 0 Å². The molecule has 0 aliphatic carbocycles. The highest BCUT2D eigenvalue weighted by Gasteiger charge is 2.33. The standard InChI is InChI=1S/C18H15BrClN5O2/c19-12-5-2-1-4-11(12)16-23-18(27-24-16)14-6-3-7-25(14)17-13(20)8-10(9-22-17)15(21)26/h1-2,4-5,8-9,14H,3,6-7H2,(H2,21,26). The van der Waals surface area contributed by atoms with Crippen LogP contribution in [0.15, 0.2) is 45.5 Å². The summed E-state index contributed by atoms with van der Waals surface area (Å²) in [4.78, 5) is 22.2. The summed E-state index contributed by atoms with van der Waals surface area (Å²) in [6.07, 6.45) is 3.21. The largest absolute Gasteiger partial charge is 0.366 e. The van der Waals surface area contributed by atoms with Crippen molar-refractivity contribution in [3.63, 3.8) is 0 Å². The third-order valence-corrected chi connectivity index (χ3v) is 5.44. The second-order valence-electron chi connectivity index (χ2n) is 6.18. The summed E-state index contributed by atoms with van der Waals surface area (Å²) in [6.45, 7) is 0.750. The zero-order valence-corrected chi connectivity index (χ0v) is 16.4. The van der Waals surface area contributed by atoms with Crippen LogP contribution in [0.4, 0.5) is 5.82 Å². The van der Waals surface area contributed by atoms with E-state index in [9.17, 15) is 4.79 Å². The number of rotatable bonds is 4. The summed E-state index contributed by atoms with van der Waals surface area (Å²) in [5.74, 6) is 1.04. The number of amides is 1. The van der Waals surface area contributed by atoms with E-state index in [0.717, 1.165) is 29.4 Å². The van der Waals surface area contributed by atoms with Gasteiger partial charge in [-0.3, -0.25) is 4.79 Å². The van der Waals surface area contributed by atoms with Crippen molar-refractivity contribution in [1.29, 1.82) is 0 Å². The Hall–Kier alpha value is -2.45. The molecular weight excluding hydrogens is 434 g/mol. The SMILES string of the molecule is NC(=O)c1cnc(N2CCCC2c2nc(-c3ccccc3Br)no2)c(Cl)c1. The topological polar surface area (TPSA) is 98.1 Å². The highest BCUT2D eigenvalue weighted by Crippen LogP contribution is 2.38. The number of hydrogen-bond donors (Lipinski definition) is 1. The van der Waals surface area contributed by atoms with Gasteiger partial charge in [-0.1, -0.05) is 44.8 Å². The van der Waals surface area contributed by atoms with Gasteiger partial charge in [0.05, 0.1) is 10.6 Å². The Morgan fingerprint density at radius 1 is 1.37 bits per heavy atom. The Kier molecular flexibility index (Phi) is 4.84. The average Bonchev–Trinajstić information content (AvgIpc) is 3.31. The number of primary amides is 1. The fourth-order valence-corrected chi connectivity index (χ4v) is 3.91. The van der Waals surface area contributed by atoms with Gasteiger partial charge >= 0.3 is 0 Å². The molecule has 2 aromatic heterocycles. The summed E-state index contributed by atoms with van der Waals surface area (Å²) in [5, 5.41) is 4.49. The smallest absolute Gasteiger partial charge is 0.250 e. The molecule has 0 saturated carbocycles. The molecule has 1 saturated heterocycles. The van der Waals surface area contributed by atoms with Gasteiger partial charge in [0.1, 0.15) is 11.9 Å². The van der Waals surface area contributed by atoms with E-state index in [1.165, 1.54) is 12.3 Å². The predicted molar refractivity (Wildman–Crippen MR) is 105 cm³/mol. The molecule has 4 rings (SSSR count). The van der Waals surface area contributed by atoms with Crippen molar-refractivity contribution in [1.82, 2.24) is 15.1 Å². The van der Waals surface area contributed by atoms with Gasteiger partial charge in [0.2, 0.25) is 17.6 Å². The lowest BCUT2D eigenvalue weighted by molar-refractivity contribution is 0.1000. The summed E-state index contributed by atoms with van der Waals surface area (Å²) >= 11 is 9.85. The van der Waals surface area contributed by atoms with E-state index in [4.69, 9.17) is 21.9 Å². The minimum Gasteiger partial charge on any atom is -0.366 e. The minimum absolute atomic E-state index is 0.127. The molecule has 3 aromatic rings. The van der Waals surface area contributed by atoms with Gasteiger partial charge < -0.3 is 15.2 Å². The number of hydrogen-bond acceptors (Lipinski definition) is 6. The summed E-state index contributed by atoms with van der Waals surface area (Å²) in [7, 11) is 0. The third-order valence-electron chi connectivity index (χ3n) is 4.47. The van der Waals surface area contributed by atoms with E-state index >= 15 is 0 Å². The predicted octanol–water partition coefficient (Wildman–Crippen LogP) is 3.99. The molecule has 1 aliphatic heterocycles. The van der Waals surface area contributed by atoms with E-state index in [-0.39, 0.29) is 11.6 Å². The van der Waals surface area contributed by atoms with Gasteiger partial charge in [-0.05, 0) is 31.0 Å². The van der Waals surface area contributed by atoms with Crippen LogP contribution in [-0.2, 0) is 0 Å². The summed E-state index contributed by atoms with van der Waals surface area (Å²) < 4.78 is 6.44. The van der Waals surface area contributed by atoms with Crippen LogP contribution in [0.2, 0.25) is 5.02 Å². The van der Waals surface area contributed by atoms with Crippen molar-refractivity contribution < 1.29 is 9.32 Å². The zero-order valence-electron chi connectivity index (χ0n) is 14.1. The first-order valence-corrected chi connectivity index (χ1v) is 9.52. The van der Waals surface area contributed by atoms with Gasteiger partial charge in [0, 0.05) is 22.8 Å². The summed E-state index contributed by atoms with van der Waals surface area (Å²) in [6, 6.07) is 9.10. The normalized spacial score (nSPS) is 16.7. The fraction of sp³-hybridized carbons (Fsp3) is 0.222. The highest BCUT2D eigenvalue weighted by atomic mass is 79.9. The second-order valence-corrected chi connectivity index (χ2v) is 7.44. The van der Waals surface area contributed by atoms with Crippen LogP contribution in [-0.4, -0.2) is 27.6 Å². The molecule has 3 heterocycles. The quantitative estimate of drug-likeness (QED) is 0.648. The van der Waals surface area contributed by atoms with Crippen molar-refractivity contribution in [2.45, 2.75) is 18.9 Å². The number of carbonyl (C=O) groups excluding carboxylic acids is 1. The molecule has 1 aliphatic rings. The number of anilines is 1. The van der Waals surface area contributed by atoms with E-state index in [0.29, 0.717) is 22.6 Å². The number of pyridine rings is 1. The first-order valence-electron chi connectivity index (χ1n) is 8.35. The Bertz CT molecular complexity index is 1010. The molecule has 1 fully saturated rings. The molecule has 9 heteroatoms. The first kappa shape index (κ1) is 17.9. The van der Waals surface area contributed by atoms with E-state index in [1.807, 2.05) is 29.2 Å². The van der Waals surface area contributed by atoms with Gasteiger partial charge in [0.25, 0.3) is 0 Å². The first-order chi connectivity index (χ1) is 13.0.